The molecule has 0 N–H and O–H groups in total. The fraction of sp³-hybridized carbons (Fsp3) is 0.333. The number of hydrogen-bond acceptors (Lipinski definition) is 4. The summed E-state index contributed by atoms with van der Waals surface area (Å²) in [5.41, 5.74) is 1.75. The van der Waals surface area contributed by atoms with Gasteiger partial charge in [0.1, 0.15) is 0 Å². The second kappa shape index (κ2) is 9.29. The normalized spacial score (nSPS) is 14.3. The van der Waals surface area contributed by atoms with Gasteiger partial charge in [0.05, 0.1) is 0 Å². The second-order valence-corrected chi connectivity index (χ2v) is 7.82. The number of hydrogen-bond donors (Lipinski definition) is 0. The molecule has 1 aliphatic heterocycles. The predicted octanol–water partition coefficient (Wildman–Crippen LogP) is 4.37. The molecule has 1 heterocycles. The third-order valence-electron chi connectivity index (χ3n) is 4.78. The van der Waals surface area contributed by atoms with Gasteiger partial charge in [-0.3, -0.25) is 9.59 Å². The quantitative estimate of drug-likeness (QED) is 0.531. The molecule has 6 heteroatoms. The van der Waals surface area contributed by atoms with Gasteiger partial charge in [-0.05, 0) is 36.6 Å². The van der Waals surface area contributed by atoms with E-state index < -0.39 is 0 Å². The molecule has 0 aliphatic carbocycles. The molecule has 1 amide bonds. The molecule has 0 spiro atoms. The molecule has 27 heavy (non-hydrogen) atoms. The largest absolute Gasteiger partial charge is 0.368 e. The zero-order valence-corrected chi connectivity index (χ0v) is 16.9. The van der Waals surface area contributed by atoms with Gasteiger partial charge in [0.2, 0.25) is 5.91 Å². The lowest BCUT2D eigenvalue weighted by molar-refractivity contribution is -0.131. The molecule has 1 fully saturated rings. The van der Waals surface area contributed by atoms with E-state index in [1.165, 1.54) is 0 Å². The van der Waals surface area contributed by atoms with E-state index in [1.807, 2.05) is 59.7 Å². The molecule has 0 saturated carbocycles. The average molecular weight is 403 g/mol. The molecule has 142 valence electrons. The third kappa shape index (κ3) is 5.27. The third-order valence-corrected chi connectivity index (χ3v) is 5.76. The van der Waals surface area contributed by atoms with Gasteiger partial charge in [-0.15, -0.1) is 11.8 Å². The summed E-state index contributed by atoms with van der Waals surface area (Å²) in [5.74, 6) is 0.0726. The smallest absolute Gasteiger partial charge is 0.223 e. The van der Waals surface area contributed by atoms with Crippen LogP contribution in [-0.2, 0) is 4.79 Å². The fourth-order valence-corrected chi connectivity index (χ4v) is 3.78. The zero-order valence-electron chi connectivity index (χ0n) is 15.4. The Morgan fingerprint density at radius 1 is 1.00 bits per heavy atom. The minimum Gasteiger partial charge on any atom is -0.368 e. The molecule has 2 aromatic rings. The van der Waals surface area contributed by atoms with Crippen LogP contribution in [-0.4, -0.2) is 49.0 Å². The van der Waals surface area contributed by atoms with Crippen LogP contribution in [0.25, 0.3) is 0 Å². The van der Waals surface area contributed by atoms with Crippen LogP contribution in [0.3, 0.4) is 0 Å². The molecule has 4 nitrogen and oxygen atoms in total. The monoisotopic (exact) mass is 402 g/mol. The summed E-state index contributed by atoms with van der Waals surface area (Å²) in [4.78, 5) is 30.0. The molecular weight excluding hydrogens is 380 g/mol. The summed E-state index contributed by atoms with van der Waals surface area (Å²) in [6.45, 7) is 2.89. The minimum atomic E-state index is 0.0218. The van der Waals surface area contributed by atoms with Crippen LogP contribution in [0.1, 0.15) is 23.2 Å². The van der Waals surface area contributed by atoms with Crippen molar-refractivity contribution in [2.75, 3.05) is 37.3 Å². The van der Waals surface area contributed by atoms with Crippen molar-refractivity contribution in [3.63, 3.8) is 0 Å². The summed E-state index contributed by atoms with van der Waals surface area (Å²) < 4.78 is 0. The number of anilines is 1. The molecule has 3 rings (SSSR count). The Morgan fingerprint density at radius 3 is 2.33 bits per heavy atom. The number of carbonyl (C=O) groups excluding carboxylic acids is 2. The summed E-state index contributed by atoms with van der Waals surface area (Å²) in [7, 11) is 0. The number of benzene rings is 2. The van der Waals surface area contributed by atoms with Gasteiger partial charge < -0.3 is 9.80 Å². The van der Waals surface area contributed by atoms with Crippen LogP contribution in [0.2, 0.25) is 5.02 Å². The Labute approximate surface area is 169 Å². The minimum absolute atomic E-state index is 0.0218. The Kier molecular flexibility index (Phi) is 6.80. The number of thioether (sulfide) groups is 1. The number of amides is 1. The molecule has 0 bridgehead atoms. The number of carbonyl (C=O) groups is 2. The van der Waals surface area contributed by atoms with E-state index in [9.17, 15) is 9.59 Å². The van der Waals surface area contributed by atoms with E-state index >= 15 is 0 Å². The molecule has 0 aromatic heterocycles. The summed E-state index contributed by atoms with van der Waals surface area (Å²) >= 11 is 7.70. The Hall–Kier alpha value is -1.98. The first kappa shape index (κ1) is 19.8. The number of ketones is 1. The number of piperazine rings is 1. The van der Waals surface area contributed by atoms with Crippen LogP contribution >= 0.6 is 23.4 Å². The molecule has 2 aromatic carbocycles. The van der Waals surface area contributed by atoms with Crippen molar-refractivity contribution >= 4 is 40.7 Å². The summed E-state index contributed by atoms with van der Waals surface area (Å²) in [5, 5.41) is 0.718. The van der Waals surface area contributed by atoms with Crippen LogP contribution in [0.5, 0.6) is 0 Å². The van der Waals surface area contributed by atoms with Gasteiger partial charge in [0.15, 0.2) is 5.78 Å². The van der Waals surface area contributed by atoms with E-state index in [0.717, 1.165) is 28.7 Å². The van der Waals surface area contributed by atoms with Crippen molar-refractivity contribution in [1.82, 2.24) is 4.90 Å². The highest BCUT2D eigenvalue weighted by molar-refractivity contribution is 7.98. The Morgan fingerprint density at radius 2 is 1.70 bits per heavy atom. The van der Waals surface area contributed by atoms with E-state index in [1.54, 1.807) is 11.8 Å². The molecular formula is C21H23ClN2O2S. The van der Waals surface area contributed by atoms with Gasteiger partial charge in [-0.1, -0.05) is 29.8 Å². The SMILES string of the molecule is CSc1ccc(C(=O)CCC(=O)N2CCN(c3cccc(Cl)c3)CC2)cc1. The van der Waals surface area contributed by atoms with E-state index in [2.05, 4.69) is 4.90 Å². The van der Waals surface area contributed by atoms with Gasteiger partial charge in [-0.25, -0.2) is 0 Å². The van der Waals surface area contributed by atoms with E-state index in [-0.39, 0.29) is 24.5 Å². The van der Waals surface area contributed by atoms with Crippen molar-refractivity contribution in [2.24, 2.45) is 0 Å². The summed E-state index contributed by atoms with van der Waals surface area (Å²) in [6, 6.07) is 15.3. The van der Waals surface area contributed by atoms with Gasteiger partial charge >= 0.3 is 0 Å². The number of rotatable bonds is 6. The lowest BCUT2D eigenvalue weighted by Gasteiger charge is -2.36. The van der Waals surface area contributed by atoms with Crippen LogP contribution in [0, 0.1) is 0 Å². The molecule has 0 radical (unpaired) electrons. The zero-order chi connectivity index (χ0) is 19.2. The second-order valence-electron chi connectivity index (χ2n) is 6.50. The van der Waals surface area contributed by atoms with Crippen LogP contribution in [0.15, 0.2) is 53.4 Å². The Bertz CT molecular complexity index is 802. The van der Waals surface area contributed by atoms with Crippen LogP contribution < -0.4 is 4.90 Å². The number of halogens is 1. The summed E-state index contributed by atoms with van der Waals surface area (Å²) in [6.07, 6.45) is 2.52. The first-order valence-corrected chi connectivity index (χ1v) is 10.6. The van der Waals surface area contributed by atoms with Crippen molar-refractivity contribution < 1.29 is 9.59 Å². The van der Waals surface area contributed by atoms with Crippen molar-refractivity contribution in [3.8, 4) is 0 Å². The van der Waals surface area contributed by atoms with Gasteiger partial charge in [-0.2, -0.15) is 0 Å². The molecule has 1 aliphatic rings. The maximum Gasteiger partial charge on any atom is 0.223 e. The lowest BCUT2D eigenvalue weighted by atomic mass is 10.1. The number of Topliss-reactive ketones (excluding diaryl/α,β-unsaturated/α-hetero) is 1. The fourth-order valence-electron chi connectivity index (χ4n) is 3.19. The van der Waals surface area contributed by atoms with Gasteiger partial charge in [0.25, 0.3) is 0 Å². The maximum atomic E-state index is 12.5. The van der Waals surface area contributed by atoms with Crippen molar-refractivity contribution in [3.05, 3.63) is 59.1 Å². The first-order valence-electron chi connectivity index (χ1n) is 9.02. The van der Waals surface area contributed by atoms with Gasteiger partial charge in [0, 0.05) is 60.2 Å². The predicted molar refractivity (Wildman–Crippen MR) is 112 cm³/mol. The standard InChI is InChI=1S/C21H23ClN2O2S/c1-27-19-7-5-16(6-8-19)20(25)9-10-21(26)24-13-11-23(12-14-24)18-4-2-3-17(22)15-18/h2-8,15H,9-14H2,1H3. The Balaban J connectivity index is 1.47. The lowest BCUT2D eigenvalue weighted by Crippen LogP contribution is -2.48. The van der Waals surface area contributed by atoms with E-state index in [4.69, 9.17) is 11.6 Å². The van der Waals surface area contributed by atoms with Crippen molar-refractivity contribution in [1.29, 1.82) is 0 Å². The highest BCUT2D eigenvalue weighted by Crippen LogP contribution is 2.21. The molecule has 1 saturated heterocycles. The maximum absolute atomic E-state index is 12.5. The molecule has 0 unspecified atom stereocenters. The molecule has 0 atom stereocenters. The van der Waals surface area contributed by atoms with E-state index in [0.29, 0.717) is 18.7 Å². The average Bonchev–Trinajstić information content (AvgIpc) is 2.72. The first-order chi connectivity index (χ1) is 13.1. The van der Waals surface area contributed by atoms with Crippen LogP contribution in [0.4, 0.5) is 5.69 Å². The highest BCUT2D eigenvalue weighted by Gasteiger charge is 2.22. The highest BCUT2D eigenvalue weighted by atomic mass is 35.5. The topological polar surface area (TPSA) is 40.6 Å². The number of nitrogens with zero attached hydrogens (tertiary/aromatic N) is 2. The van der Waals surface area contributed by atoms with Crippen molar-refractivity contribution in [2.45, 2.75) is 17.7 Å².